The standard InChI is InChI=1S/3C6H13NO2.C5H9NO2.C3H7NO2/c1-4(2)3-5(7)6(8)9;2*1-3-4(2)5(7)6(8)9;7-5(8)4-2-1-3-6-4;1-2(4)3(5)6/h3*4-5H,3,7H2,1-2H3,(H,8,9);4,6H,1-3H2,(H,7,8);2H,4H2,1H3,(H,5,6)/t5-;2*4-,5-;4-;2-/m00000/s1. The molecule has 0 aliphatic carbocycles. The van der Waals surface area contributed by atoms with Crippen LogP contribution in [-0.2, 0) is 24.0 Å². The van der Waals surface area contributed by atoms with Crippen molar-refractivity contribution in [2.45, 2.75) is 111 Å². The Morgan fingerprint density at radius 3 is 1.17 bits per heavy atom. The molecular formula is C26H55N5O10. The van der Waals surface area contributed by atoms with Crippen LogP contribution in [0, 0.1) is 17.8 Å². The molecule has 0 saturated carbocycles. The lowest BCUT2D eigenvalue weighted by Gasteiger charge is -2.11. The zero-order valence-electron chi connectivity index (χ0n) is 25.4. The Balaban J connectivity index is -0.000000210. The highest BCUT2D eigenvalue weighted by atomic mass is 16.4. The average Bonchev–Trinajstić information content (AvgIpc) is 3.43. The molecule has 0 radical (unpaired) electrons. The lowest BCUT2D eigenvalue weighted by Crippen LogP contribution is -2.36. The molecule has 0 amide bonds. The number of nitrogens with one attached hydrogen (secondary N) is 1. The normalized spacial score (nSPS) is 17.9. The van der Waals surface area contributed by atoms with E-state index in [4.69, 9.17) is 48.5 Å². The quantitative estimate of drug-likeness (QED) is 0.156. The van der Waals surface area contributed by atoms with Crippen LogP contribution in [0.25, 0.3) is 0 Å². The topological polar surface area (TPSA) is 303 Å². The molecule has 15 nitrogen and oxygen atoms in total. The first-order chi connectivity index (χ1) is 18.7. The van der Waals surface area contributed by atoms with E-state index in [-0.39, 0.29) is 17.9 Å². The number of carboxylic acids is 5. The number of hydrogen-bond donors (Lipinski definition) is 10. The van der Waals surface area contributed by atoms with Crippen LogP contribution in [0.15, 0.2) is 0 Å². The van der Waals surface area contributed by atoms with Gasteiger partial charge in [0.1, 0.15) is 30.2 Å². The summed E-state index contributed by atoms with van der Waals surface area (Å²) in [5.74, 6) is -3.92. The van der Waals surface area contributed by atoms with Crippen molar-refractivity contribution in [2.75, 3.05) is 6.54 Å². The van der Waals surface area contributed by atoms with Crippen molar-refractivity contribution in [1.82, 2.24) is 5.32 Å². The molecule has 1 heterocycles. The van der Waals surface area contributed by atoms with E-state index < -0.39 is 54.0 Å². The Morgan fingerprint density at radius 1 is 0.707 bits per heavy atom. The van der Waals surface area contributed by atoms with Gasteiger partial charge in [-0.15, -0.1) is 0 Å². The molecule has 41 heavy (non-hydrogen) atoms. The van der Waals surface area contributed by atoms with Gasteiger partial charge in [0.05, 0.1) is 0 Å². The molecule has 1 aliphatic rings. The second-order valence-corrected chi connectivity index (χ2v) is 10.2. The summed E-state index contributed by atoms with van der Waals surface area (Å²) >= 11 is 0. The van der Waals surface area contributed by atoms with Crippen molar-refractivity contribution in [1.29, 1.82) is 0 Å². The smallest absolute Gasteiger partial charge is 0.320 e. The van der Waals surface area contributed by atoms with Crippen LogP contribution < -0.4 is 28.3 Å². The molecule has 1 aliphatic heterocycles. The van der Waals surface area contributed by atoms with Gasteiger partial charge in [-0.2, -0.15) is 0 Å². The largest absolute Gasteiger partial charge is 0.480 e. The predicted octanol–water partition coefficient (Wildman–Crippen LogP) is 0.574. The zero-order valence-corrected chi connectivity index (χ0v) is 25.4. The summed E-state index contributed by atoms with van der Waals surface area (Å²) in [6.07, 6.45) is 3.96. The molecule has 0 aromatic rings. The van der Waals surface area contributed by atoms with Gasteiger partial charge in [-0.3, -0.25) is 24.0 Å². The van der Waals surface area contributed by atoms with Crippen LogP contribution in [0.4, 0.5) is 0 Å². The molecule has 0 aromatic carbocycles. The number of carboxylic acid groups (broad SMARTS) is 5. The maximum Gasteiger partial charge on any atom is 0.320 e. The predicted molar refractivity (Wildman–Crippen MR) is 155 cm³/mol. The highest BCUT2D eigenvalue weighted by Crippen LogP contribution is 2.05. The third-order valence-electron chi connectivity index (χ3n) is 5.87. The van der Waals surface area contributed by atoms with Gasteiger partial charge < -0.3 is 53.8 Å². The van der Waals surface area contributed by atoms with Gasteiger partial charge >= 0.3 is 29.8 Å². The third kappa shape index (κ3) is 28.5. The van der Waals surface area contributed by atoms with E-state index in [1.54, 1.807) is 0 Å². The van der Waals surface area contributed by atoms with Crippen molar-refractivity contribution in [2.24, 2.45) is 40.7 Å². The second kappa shape index (κ2) is 26.1. The lowest BCUT2D eigenvalue weighted by atomic mass is 10.0. The maximum atomic E-state index is 10.2. The minimum absolute atomic E-state index is 0.0718. The Bertz CT molecular complexity index is 720. The summed E-state index contributed by atoms with van der Waals surface area (Å²) in [7, 11) is 0. The van der Waals surface area contributed by atoms with Crippen molar-refractivity contribution in [3.63, 3.8) is 0 Å². The Hall–Kier alpha value is -2.85. The van der Waals surface area contributed by atoms with Gasteiger partial charge in [-0.1, -0.05) is 54.4 Å². The van der Waals surface area contributed by atoms with Crippen LogP contribution in [0.3, 0.4) is 0 Å². The fourth-order valence-corrected chi connectivity index (χ4v) is 2.50. The van der Waals surface area contributed by atoms with E-state index >= 15 is 0 Å². The molecule has 1 saturated heterocycles. The first kappa shape index (κ1) is 45.1. The van der Waals surface area contributed by atoms with Crippen molar-refractivity contribution < 1.29 is 49.5 Å². The molecular weight excluding hydrogens is 542 g/mol. The van der Waals surface area contributed by atoms with Gasteiger partial charge in [0, 0.05) is 0 Å². The SMILES string of the molecule is CC(C)C[C@H](N)C(=O)O.CC[C@H](C)[C@H](N)C(=O)O.CC[C@H](C)[C@H](N)C(=O)O.C[C@H](N)C(=O)O.O=C(O)[C@@H]1CCCN1. The van der Waals surface area contributed by atoms with Gasteiger partial charge in [0.2, 0.25) is 0 Å². The van der Waals surface area contributed by atoms with E-state index in [9.17, 15) is 24.0 Å². The molecule has 1 rings (SSSR count). The summed E-state index contributed by atoms with van der Waals surface area (Å²) < 4.78 is 0. The minimum Gasteiger partial charge on any atom is -0.480 e. The van der Waals surface area contributed by atoms with E-state index in [0.29, 0.717) is 12.3 Å². The van der Waals surface area contributed by atoms with Crippen LogP contribution in [-0.4, -0.2) is 92.1 Å². The first-order valence-electron chi connectivity index (χ1n) is 13.6. The van der Waals surface area contributed by atoms with E-state index in [0.717, 1.165) is 32.2 Å². The average molecular weight is 598 g/mol. The number of rotatable bonds is 11. The number of aliphatic carboxylic acids is 5. The molecule has 244 valence electrons. The molecule has 0 spiro atoms. The lowest BCUT2D eigenvalue weighted by molar-refractivity contribution is -0.140. The van der Waals surface area contributed by atoms with Crippen LogP contribution >= 0.6 is 0 Å². The fourth-order valence-electron chi connectivity index (χ4n) is 2.50. The number of nitrogens with two attached hydrogens (primary N) is 4. The van der Waals surface area contributed by atoms with Crippen molar-refractivity contribution >= 4 is 29.8 Å². The fraction of sp³-hybridized carbons (Fsp3) is 0.808. The highest BCUT2D eigenvalue weighted by Gasteiger charge is 2.20. The summed E-state index contributed by atoms with van der Waals surface area (Å²) in [5, 5.41) is 44.1. The van der Waals surface area contributed by atoms with Crippen LogP contribution in [0.1, 0.15) is 80.6 Å². The van der Waals surface area contributed by atoms with E-state index in [1.807, 2.05) is 41.5 Å². The molecule has 0 aromatic heterocycles. The third-order valence-corrected chi connectivity index (χ3v) is 5.87. The van der Waals surface area contributed by atoms with Crippen LogP contribution in [0.5, 0.6) is 0 Å². The second-order valence-electron chi connectivity index (χ2n) is 10.2. The molecule has 15 heteroatoms. The molecule has 14 N–H and O–H groups in total. The summed E-state index contributed by atoms with van der Waals surface area (Å²) in [6.45, 7) is 13.7. The van der Waals surface area contributed by atoms with E-state index in [2.05, 4.69) is 5.32 Å². The molecule has 1 fully saturated rings. The first-order valence-corrected chi connectivity index (χ1v) is 13.6. The summed E-state index contributed by atoms with van der Waals surface area (Å²) in [6, 6.07) is -3.09. The highest BCUT2D eigenvalue weighted by molar-refractivity contribution is 5.74. The molecule has 0 bridgehead atoms. The molecule has 0 unspecified atom stereocenters. The Labute approximate surface area is 243 Å². The Morgan fingerprint density at radius 2 is 1.07 bits per heavy atom. The van der Waals surface area contributed by atoms with Gasteiger partial charge in [-0.25, -0.2) is 0 Å². The maximum absolute atomic E-state index is 10.2. The summed E-state index contributed by atoms with van der Waals surface area (Å²) in [5.41, 5.74) is 20.6. The zero-order chi connectivity index (χ0) is 33.5. The number of carbonyl (C=O) groups is 5. The summed E-state index contributed by atoms with van der Waals surface area (Å²) in [4.78, 5) is 50.2. The molecule has 7 atom stereocenters. The van der Waals surface area contributed by atoms with Crippen LogP contribution in [0.2, 0.25) is 0 Å². The van der Waals surface area contributed by atoms with Gasteiger partial charge in [-0.05, 0) is 50.5 Å². The monoisotopic (exact) mass is 597 g/mol. The van der Waals surface area contributed by atoms with E-state index in [1.165, 1.54) is 6.92 Å². The Kier molecular flexibility index (Phi) is 28.7. The van der Waals surface area contributed by atoms with Gasteiger partial charge in [0.15, 0.2) is 0 Å². The number of hydrogen-bond acceptors (Lipinski definition) is 10. The van der Waals surface area contributed by atoms with Gasteiger partial charge in [0.25, 0.3) is 0 Å². The van der Waals surface area contributed by atoms with Crippen molar-refractivity contribution in [3.05, 3.63) is 0 Å². The minimum atomic E-state index is -0.963. The van der Waals surface area contributed by atoms with Crippen molar-refractivity contribution in [3.8, 4) is 0 Å².